The summed E-state index contributed by atoms with van der Waals surface area (Å²) in [5.74, 6) is 0. The van der Waals surface area contributed by atoms with E-state index in [9.17, 15) is 5.11 Å². The topological polar surface area (TPSA) is 58.3 Å². The lowest BCUT2D eigenvalue weighted by Gasteiger charge is -2.38. The van der Waals surface area contributed by atoms with E-state index in [-0.39, 0.29) is 5.41 Å². The molecule has 0 unspecified atom stereocenters. The third-order valence-corrected chi connectivity index (χ3v) is 4.79. The predicted molar refractivity (Wildman–Crippen MR) is 70.8 cm³/mol. The lowest BCUT2D eigenvalue weighted by Crippen LogP contribution is -2.45. The number of nitrogens with two attached hydrogens (primary N) is 1. The molecule has 0 atom stereocenters. The highest BCUT2D eigenvalue weighted by Crippen LogP contribution is 2.35. The van der Waals surface area contributed by atoms with Gasteiger partial charge in [0.15, 0.2) is 0 Å². The minimum absolute atomic E-state index is 0.178. The molecule has 0 saturated heterocycles. The third kappa shape index (κ3) is 3.67. The fraction of sp³-hybridized carbons (Fsp3) is 1.00. The quantitative estimate of drug-likeness (QED) is 0.702. The van der Waals surface area contributed by atoms with Gasteiger partial charge in [0.25, 0.3) is 0 Å². The van der Waals surface area contributed by atoms with Crippen LogP contribution in [0, 0.1) is 5.41 Å². The first kappa shape index (κ1) is 13.3. The van der Waals surface area contributed by atoms with Crippen molar-refractivity contribution in [2.75, 3.05) is 13.2 Å². The van der Waals surface area contributed by atoms with Crippen LogP contribution in [-0.4, -0.2) is 30.3 Å². The van der Waals surface area contributed by atoms with Crippen LogP contribution >= 0.6 is 0 Å². The average Bonchev–Trinajstić information content (AvgIpc) is 2.39. The second-order valence-electron chi connectivity index (χ2n) is 6.21. The number of hydrogen-bond acceptors (Lipinski definition) is 3. The first-order valence-corrected chi connectivity index (χ1v) is 7.34. The molecule has 0 aromatic heterocycles. The Morgan fingerprint density at radius 2 is 1.71 bits per heavy atom. The number of rotatable bonds is 4. The first-order valence-electron chi connectivity index (χ1n) is 7.34. The second-order valence-corrected chi connectivity index (χ2v) is 6.21. The molecule has 2 fully saturated rings. The summed E-state index contributed by atoms with van der Waals surface area (Å²) in [5.41, 5.74) is 6.10. The molecule has 0 bridgehead atoms. The smallest absolute Gasteiger partial charge is 0.0499 e. The molecule has 2 rings (SSSR count). The van der Waals surface area contributed by atoms with Crippen molar-refractivity contribution in [3.63, 3.8) is 0 Å². The Morgan fingerprint density at radius 3 is 2.29 bits per heavy atom. The Balaban J connectivity index is 1.75. The van der Waals surface area contributed by atoms with Crippen LogP contribution < -0.4 is 11.1 Å². The molecule has 0 aromatic rings. The van der Waals surface area contributed by atoms with Crippen molar-refractivity contribution in [3.05, 3.63) is 0 Å². The van der Waals surface area contributed by atoms with Crippen LogP contribution in [-0.2, 0) is 0 Å². The van der Waals surface area contributed by atoms with Crippen molar-refractivity contribution in [3.8, 4) is 0 Å². The summed E-state index contributed by atoms with van der Waals surface area (Å²) in [5, 5.41) is 13.3. The number of aliphatic hydroxyl groups is 1. The maximum Gasteiger partial charge on any atom is 0.0499 e. The van der Waals surface area contributed by atoms with Crippen LogP contribution in [0.3, 0.4) is 0 Å². The molecule has 0 heterocycles. The second kappa shape index (κ2) is 6.17. The standard InChI is InChI=1S/C14H28N2O/c15-12-4-6-13(7-5-12)16-10-14(11-17)8-2-1-3-9-14/h12-13,16-17H,1-11,15H2. The maximum atomic E-state index is 9.65. The third-order valence-electron chi connectivity index (χ3n) is 4.79. The normalized spacial score (nSPS) is 33.5. The van der Waals surface area contributed by atoms with Gasteiger partial charge in [0.05, 0.1) is 0 Å². The largest absolute Gasteiger partial charge is 0.396 e. The highest BCUT2D eigenvalue weighted by atomic mass is 16.3. The zero-order chi connectivity index (χ0) is 12.1. The van der Waals surface area contributed by atoms with E-state index in [1.807, 2.05) is 0 Å². The minimum Gasteiger partial charge on any atom is -0.396 e. The average molecular weight is 240 g/mol. The van der Waals surface area contributed by atoms with E-state index in [1.165, 1.54) is 44.9 Å². The van der Waals surface area contributed by atoms with Crippen molar-refractivity contribution in [1.29, 1.82) is 0 Å². The minimum atomic E-state index is 0.178. The zero-order valence-corrected chi connectivity index (χ0v) is 11.0. The molecule has 100 valence electrons. The molecule has 2 saturated carbocycles. The molecule has 4 N–H and O–H groups in total. The zero-order valence-electron chi connectivity index (χ0n) is 11.0. The predicted octanol–water partition coefficient (Wildman–Crippen LogP) is 1.79. The van der Waals surface area contributed by atoms with Crippen molar-refractivity contribution < 1.29 is 5.11 Å². The number of nitrogens with one attached hydrogen (secondary N) is 1. The SMILES string of the molecule is NC1CCC(NCC2(CO)CCCCC2)CC1. The van der Waals surface area contributed by atoms with Gasteiger partial charge < -0.3 is 16.2 Å². The number of aliphatic hydroxyl groups excluding tert-OH is 1. The lowest BCUT2D eigenvalue weighted by molar-refractivity contribution is 0.0763. The summed E-state index contributed by atoms with van der Waals surface area (Å²) >= 11 is 0. The van der Waals surface area contributed by atoms with Crippen molar-refractivity contribution >= 4 is 0 Å². The lowest BCUT2D eigenvalue weighted by atomic mass is 9.74. The number of hydrogen-bond donors (Lipinski definition) is 3. The van der Waals surface area contributed by atoms with Gasteiger partial charge in [-0.2, -0.15) is 0 Å². The fourth-order valence-corrected chi connectivity index (χ4v) is 3.38. The molecule has 0 amide bonds. The van der Waals surface area contributed by atoms with Crippen molar-refractivity contribution in [2.45, 2.75) is 69.9 Å². The summed E-state index contributed by atoms with van der Waals surface area (Å²) in [7, 11) is 0. The molecule has 0 aliphatic heterocycles. The molecule has 0 aromatic carbocycles. The highest BCUT2D eigenvalue weighted by Gasteiger charge is 2.32. The molecule has 0 radical (unpaired) electrons. The summed E-state index contributed by atoms with van der Waals surface area (Å²) in [6.45, 7) is 1.36. The summed E-state index contributed by atoms with van der Waals surface area (Å²) in [6, 6.07) is 1.06. The van der Waals surface area contributed by atoms with Gasteiger partial charge in [-0.05, 0) is 38.5 Å². The van der Waals surface area contributed by atoms with E-state index in [2.05, 4.69) is 5.32 Å². The van der Waals surface area contributed by atoms with Gasteiger partial charge in [-0.1, -0.05) is 19.3 Å². The van der Waals surface area contributed by atoms with Crippen molar-refractivity contribution in [2.24, 2.45) is 11.1 Å². The monoisotopic (exact) mass is 240 g/mol. The van der Waals surface area contributed by atoms with E-state index >= 15 is 0 Å². The first-order chi connectivity index (χ1) is 8.24. The van der Waals surface area contributed by atoms with E-state index in [4.69, 9.17) is 5.73 Å². The van der Waals surface area contributed by atoms with Crippen LogP contribution in [0.25, 0.3) is 0 Å². The van der Waals surface area contributed by atoms with Crippen molar-refractivity contribution in [1.82, 2.24) is 5.32 Å². The van der Waals surface area contributed by atoms with Crippen LogP contribution in [0.5, 0.6) is 0 Å². The van der Waals surface area contributed by atoms with Gasteiger partial charge in [-0.15, -0.1) is 0 Å². The van der Waals surface area contributed by atoms with Crippen LogP contribution in [0.15, 0.2) is 0 Å². The molecule has 3 nitrogen and oxygen atoms in total. The molecule has 17 heavy (non-hydrogen) atoms. The van der Waals surface area contributed by atoms with Gasteiger partial charge in [-0.25, -0.2) is 0 Å². The molecule has 2 aliphatic carbocycles. The van der Waals surface area contributed by atoms with Gasteiger partial charge in [-0.3, -0.25) is 0 Å². The Labute approximate surface area is 105 Å². The fourth-order valence-electron chi connectivity index (χ4n) is 3.38. The Morgan fingerprint density at radius 1 is 1.06 bits per heavy atom. The molecular formula is C14H28N2O. The van der Waals surface area contributed by atoms with Gasteiger partial charge >= 0.3 is 0 Å². The van der Waals surface area contributed by atoms with E-state index in [1.54, 1.807) is 0 Å². The van der Waals surface area contributed by atoms with Gasteiger partial charge in [0.1, 0.15) is 0 Å². The Bertz CT molecular complexity index is 218. The van der Waals surface area contributed by atoms with Gasteiger partial charge in [0, 0.05) is 30.7 Å². The van der Waals surface area contributed by atoms with Crippen LogP contribution in [0.4, 0.5) is 0 Å². The van der Waals surface area contributed by atoms with E-state index in [0.717, 1.165) is 19.4 Å². The molecular weight excluding hydrogens is 212 g/mol. The molecule has 2 aliphatic rings. The summed E-state index contributed by atoms with van der Waals surface area (Å²) < 4.78 is 0. The Kier molecular flexibility index (Phi) is 4.83. The van der Waals surface area contributed by atoms with Crippen LogP contribution in [0.2, 0.25) is 0 Å². The van der Waals surface area contributed by atoms with Gasteiger partial charge in [0.2, 0.25) is 0 Å². The van der Waals surface area contributed by atoms with E-state index in [0.29, 0.717) is 18.7 Å². The molecule has 0 spiro atoms. The van der Waals surface area contributed by atoms with Crippen LogP contribution in [0.1, 0.15) is 57.8 Å². The summed E-state index contributed by atoms with van der Waals surface area (Å²) in [6.07, 6.45) is 11.1. The molecule has 3 heteroatoms. The Hall–Kier alpha value is -0.120. The maximum absolute atomic E-state index is 9.65. The van der Waals surface area contributed by atoms with E-state index < -0.39 is 0 Å². The highest BCUT2D eigenvalue weighted by molar-refractivity contribution is 4.87. The summed E-state index contributed by atoms with van der Waals surface area (Å²) in [4.78, 5) is 0.